The highest BCUT2D eigenvalue weighted by atomic mass is 127. The van der Waals surface area contributed by atoms with Crippen molar-refractivity contribution in [2.75, 3.05) is 0 Å². The first-order valence-corrected chi connectivity index (χ1v) is 8.14. The molecular formula is C14H13IO3S. The van der Waals surface area contributed by atoms with Crippen molar-refractivity contribution in [3.8, 4) is 5.75 Å². The topological polar surface area (TPSA) is 43.4 Å². The second-order valence-electron chi connectivity index (χ2n) is 4.28. The summed E-state index contributed by atoms with van der Waals surface area (Å²) in [5, 5.41) is 0. The van der Waals surface area contributed by atoms with Crippen LogP contribution in [-0.4, -0.2) is 8.42 Å². The van der Waals surface area contributed by atoms with Crippen LogP contribution in [0.1, 0.15) is 11.1 Å². The van der Waals surface area contributed by atoms with E-state index in [1.54, 1.807) is 30.3 Å². The van der Waals surface area contributed by atoms with Gasteiger partial charge in [0.1, 0.15) is 4.90 Å². The van der Waals surface area contributed by atoms with Crippen LogP contribution in [0.3, 0.4) is 0 Å². The van der Waals surface area contributed by atoms with Crippen LogP contribution in [0.25, 0.3) is 0 Å². The van der Waals surface area contributed by atoms with Gasteiger partial charge in [-0.3, -0.25) is 0 Å². The molecule has 0 aromatic heterocycles. The highest BCUT2D eigenvalue weighted by Crippen LogP contribution is 2.25. The van der Waals surface area contributed by atoms with Crippen LogP contribution in [0.2, 0.25) is 0 Å². The van der Waals surface area contributed by atoms with E-state index < -0.39 is 10.1 Å². The summed E-state index contributed by atoms with van der Waals surface area (Å²) in [4.78, 5) is 0.162. The largest absolute Gasteiger partial charge is 0.378 e. The van der Waals surface area contributed by atoms with Gasteiger partial charge in [0, 0.05) is 0 Å². The molecule has 0 aliphatic carbocycles. The van der Waals surface area contributed by atoms with Crippen molar-refractivity contribution in [2.45, 2.75) is 18.7 Å². The van der Waals surface area contributed by atoms with Crippen LogP contribution >= 0.6 is 22.6 Å². The summed E-state index contributed by atoms with van der Waals surface area (Å²) >= 11 is 2.05. The van der Waals surface area contributed by atoms with E-state index in [-0.39, 0.29) is 4.90 Å². The molecule has 2 aromatic rings. The Balaban J connectivity index is 2.36. The third kappa shape index (κ3) is 3.48. The summed E-state index contributed by atoms with van der Waals surface area (Å²) in [6, 6.07) is 12.0. The highest BCUT2D eigenvalue weighted by Gasteiger charge is 2.17. The van der Waals surface area contributed by atoms with Crippen LogP contribution in [0.5, 0.6) is 5.75 Å². The summed E-state index contributed by atoms with van der Waals surface area (Å²) in [6.45, 7) is 3.79. The van der Waals surface area contributed by atoms with E-state index in [4.69, 9.17) is 4.18 Å². The molecule has 0 aliphatic heterocycles. The summed E-state index contributed by atoms with van der Waals surface area (Å²) in [5.41, 5.74) is 1.96. The lowest BCUT2D eigenvalue weighted by molar-refractivity contribution is 0.484. The minimum Gasteiger partial charge on any atom is -0.378 e. The van der Waals surface area contributed by atoms with Crippen LogP contribution < -0.4 is 4.18 Å². The van der Waals surface area contributed by atoms with Gasteiger partial charge >= 0.3 is 10.1 Å². The quantitative estimate of drug-likeness (QED) is 0.595. The minimum atomic E-state index is -3.77. The molecule has 19 heavy (non-hydrogen) atoms. The summed E-state index contributed by atoms with van der Waals surface area (Å²) in [5.74, 6) is 0.362. The van der Waals surface area contributed by atoms with Gasteiger partial charge in [0.05, 0.1) is 3.57 Å². The molecule has 0 aliphatic rings. The zero-order valence-corrected chi connectivity index (χ0v) is 13.5. The summed E-state index contributed by atoms with van der Waals surface area (Å²) in [7, 11) is -3.77. The maximum atomic E-state index is 12.2. The fourth-order valence-corrected chi connectivity index (χ4v) is 3.08. The molecule has 0 saturated carbocycles. The molecule has 0 spiro atoms. The van der Waals surface area contributed by atoms with Crippen molar-refractivity contribution in [3.05, 3.63) is 57.2 Å². The molecule has 0 fully saturated rings. The Kier molecular flexibility index (Phi) is 4.15. The molecule has 0 N–H and O–H groups in total. The number of benzene rings is 2. The second kappa shape index (κ2) is 5.50. The summed E-state index contributed by atoms with van der Waals surface area (Å²) < 4.78 is 30.3. The van der Waals surface area contributed by atoms with E-state index in [1.165, 1.54) is 0 Å². The predicted molar refractivity (Wildman–Crippen MR) is 82.9 cm³/mol. The Morgan fingerprint density at radius 1 is 0.947 bits per heavy atom. The van der Waals surface area contributed by atoms with E-state index in [1.807, 2.05) is 26.0 Å². The van der Waals surface area contributed by atoms with E-state index in [0.717, 1.165) is 14.7 Å². The zero-order valence-electron chi connectivity index (χ0n) is 10.6. The molecule has 2 aromatic carbocycles. The van der Waals surface area contributed by atoms with Crippen LogP contribution in [0.15, 0.2) is 47.4 Å². The Labute approximate surface area is 126 Å². The fourth-order valence-electron chi connectivity index (χ4n) is 1.55. The Hall–Kier alpha value is -1.08. The number of aryl methyl sites for hydroxylation is 2. The standard InChI is InChI=1S/C14H13IO3S/c1-10-3-6-12(7-4-10)19(16,17)18-14-9-11(2)5-8-13(14)15/h3-9H,1-2H3. The normalized spacial score (nSPS) is 11.3. The average molecular weight is 388 g/mol. The van der Waals surface area contributed by atoms with Gasteiger partial charge < -0.3 is 4.18 Å². The minimum absolute atomic E-state index is 0.162. The van der Waals surface area contributed by atoms with Crippen LogP contribution in [0.4, 0.5) is 0 Å². The maximum Gasteiger partial charge on any atom is 0.339 e. The van der Waals surface area contributed by atoms with Gasteiger partial charge in [-0.15, -0.1) is 0 Å². The van der Waals surface area contributed by atoms with Crippen molar-refractivity contribution in [3.63, 3.8) is 0 Å². The lowest BCUT2D eigenvalue weighted by Gasteiger charge is -2.09. The van der Waals surface area contributed by atoms with E-state index in [0.29, 0.717) is 5.75 Å². The molecule has 5 heteroatoms. The van der Waals surface area contributed by atoms with Gasteiger partial charge in [0.15, 0.2) is 5.75 Å². The zero-order chi connectivity index (χ0) is 14.0. The molecular weight excluding hydrogens is 375 g/mol. The van der Waals surface area contributed by atoms with E-state index >= 15 is 0 Å². The summed E-state index contributed by atoms with van der Waals surface area (Å²) in [6.07, 6.45) is 0. The van der Waals surface area contributed by atoms with Gasteiger partial charge in [0.2, 0.25) is 0 Å². The molecule has 0 bridgehead atoms. The molecule has 0 unspecified atom stereocenters. The van der Waals surface area contributed by atoms with Crippen LogP contribution in [-0.2, 0) is 10.1 Å². The molecule has 2 rings (SSSR count). The number of halogens is 1. The van der Waals surface area contributed by atoms with E-state index in [2.05, 4.69) is 22.6 Å². The van der Waals surface area contributed by atoms with Gasteiger partial charge in [0.25, 0.3) is 0 Å². The van der Waals surface area contributed by atoms with Crippen molar-refractivity contribution in [2.24, 2.45) is 0 Å². The van der Waals surface area contributed by atoms with Crippen molar-refractivity contribution in [1.82, 2.24) is 0 Å². The van der Waals surface area contributed by atoms with Gasteiger partial charge in [-0.25, -0.2) is 0 Å². The lowest BCUT2D eigenvalue weighted by Crippen LogP contribution is -2.10. The molecule has 0 atom stereocenters. The molecule has 0 radical (unpaired) electrons. The number of hydrogen-bond donors (Lipinski definition) is 0. The predicted octanol–water partition coefficient (Wildman–Crippen LogP) is 3.68. The fraction of sp³-hybridized carbons (Fsp3) is 0.143. The molecule has 3 nitrogen and oxygen atoms in total. The Bertz CT molecular complexity index is 691. The van der Waals surface area contributed by atoms with Crippen molar-refractivity contribution < 1.29 is 12.6 Å². The van der Waals surface area contributed by atoms with Gasteiger partial charge in [-0.2, -0.15) is 8.42 Å². The smallest absolute Gasteiger partial charge is 0.339 e. The van der Waals surface area contributed by atoms with Crippen LogP contribution in [0, 0.1) is 17.4 Å². The lowest BCUT2D eigenvalue weighted by atomic mass is 10.2. The first kappa shape index (κ1) is 14.3. The van der Waals surface area contributed by atoms with Gasteiger partial charge in [-0.05, 0) is 66.3 Å². The highest BCUT2D eigenvalue weighted by molar-refractivity contribution is 14.1. The van der Waals surface area contributed by atoms with Crippen molar-refractivity contribution in [1.29, 1.82) is 0 Å². The average Bonchev–Trinajstić information content (AvgIpc) is 2.34. The first-order chi connectivity index (χ1) is 8.88. The molecule has 0 saturated heterocycles. The first-order valence-electron chi connectivity index (χ1n) is 5.66. The SMILES string of the molecule is Cc1ccc(S(=O)(=O)Oc2cc(C)ccc2I)cc1. The maximum absolute atomic E-state index is 12.2. The Morgan fingerprint density at radius 3 is 2.16 bits per heavy atom. The second-order valence-corrected chi connectivity index (χ2v) is 6.99. The Morgan fingerprint density at radius 2 is 1.53 bits per heavy atom. The van der Waals surface area contributed by atoms with Crippen molar-refractivity contribution >= 4 is 32.7 Å². The third-order valence-corrected chi connectivity index (χ3v) is 4.74. The third-order valence-electron chi connectivity index (χ3n) is 2.60. The van der Waals surface area contributed by atoms with E-state index in [9.17, 15) is 8.42 Å². The monoisotopic (exact) mass is 388 g/mol. The molecule has 0 heterocycles. The molecule has 0 amide bonds. The number of hydrogen-bond acceptors (Lipinski definition) is 3. The molecule has 100 valence electrons. The van der Waals surface area contributed by atoms with Gasteiger partial charge in [-0.1, -0.05) is 23.8 Å². The number of rotatable bonds is 3.